The summed E-state index contributed by atoms with van der Waals surface area (Å²) in [5.41, 5.74) is 7.42. The summed E-state index contributed by atoms with van der Waals surface area (Å²) < 4.78 is 1.73. The molecule has 1 atom stereocenters. The molecule has 19 heavy (non-hydrogen) atoms. The molecule has 0 unspecified atom stereocenters. The van der Waals surface area contributed by atoms with Crippen LogP contribution in [0, 0.1) is 5.92 Å². The van der Waals surface area contributed by atoms with Gasteiger partial charge in [0.2, 0.25) is 5.91 Å². The van der Waals surface area contributed by atoms with Crippen LogP contribution in [0.5, 0.6) is 0 Å². The second-order valence-electron chi connectivity index (χ2n) is 4.76. The average Bonchev–Trinajstić information content (AvgIpc) is 2.91. The van der Waals surface area contributed by atoms with Crippen molar-refractivity contribution in [2.45, 2.75) is 19.9 Å². The van der Waals surface area contributed by atoms with E-state index < -0.39 is 6.04 Å². The van der Waals surface area contributed by atoms with Crippen molar-refractivity contribution in [3.05, 3.63) is 42.7 Å². The van der Waals surface area contributed by atoms with Gasteiger partial charge in [0.1, 0.15) is 0 Å². The van der Waals surface area contributed by atoms with E-state index in [1.165, 1.54) is 0 Å². The molecule has 3 N–H and O–H groups in total. The molecule has 2 rings (SSSR count). The SMILES string of the molecule is CC(C)[C@@H](N)C(=O)Nc1cccc(-n2cccn2)c1. The third-order valence-corrected chi connectivity index (χ3v) is 2.90. The van der Waals surface area contributed by atoms with Crippen molar-refractivity contribution < 1.29 is 4.79 Å². The first-order valence-electron chi connectivity index (χ1n) is 6.24. The summed E-state index contributed by atoms with van der Waals surface area (Å²) in [5, 5.41) is 6.97. The summed E-state index contributed by atoms with van der Waals surface area (Å²) in [6.45, 7) is 3.84. The number of rotatable bonds is 4. The highest BCUT2D eigenvalue weighted by atomic mass is 16.2. The lowest BCUT2D eigenvalue weighted by molar-refractivity contribution is -0.118. The van der Waals surface area contributed by atoms with E-state index in [2.05, 4.69) is 10.4 Å². The number of anilines is 1. The Bertz CT molecular complexity index is 548. The van der Waals surface area contributed by atoms with Gasteiger partial charge in [0.15, 0.2) is 0 Å². The Morgan fingerprint density at radius 1 is 1.37 bits per heavy atom. The molecule has 0 fully saturated rings. The lowest BCUT2D eigenvalue weighted by Gasteiger charge is -2.15. The number of hydrogen-bond acceptors (Lipinski definition) is 3. The molecule has 1 amide bonds. The van der Waals surface area contributed by atoms with Gasteiger partial charge in [-0.25, -0.2) is 4.68 Å². The Morgan fingerprint density at radius 2 is 2.16 bits per heavy atom. The van der Waals surface area contributed by atoms with Gasteiger partial charge in [-0.2, -0.15) is 5.10 Å². The molecule has 0 spiro atoms. The first-order valence-corrected chi connectivity index (χ1v) is 6.24. The summed E-state index contributed by atoms with van der Waals surface area (Å²) >= 11 is 0. The molecular formula is C14H18N4O. The third-order valence-electron chi connectivity index (χ3n) is 2.90. The van der Waals surface area contributed by atoms with Crippen molar-refractivity contribution in [2.75, 3.05) is 5.32 Å². The van der Waals surface area contributed by atoms with E-state index in [0.29, 0.717) is 5.69 Å². The number of aromatic nitrogens is 2. The molecule has 5 nitrogen and oxygen atoms in total. The van der Waals surface area contributed by atoms with Crippen LogP contribution in [0.4, 0.5) is 5.69 Å². The van der Waals surface area contributed by atoms with E-state index >= 15 is 0 Å². The highest BCUT2D eigenvalue weighted by Crippen LogP contribution is 2.14. The van der Waals surface area contributed by atoms with Crippen LogP contribution in [0.25, 0.3) is 5.69 Å². The number of hydrogen-bond donors (Lipinski definition) is 2. The van der Waals surface area contributed by atoms with Gasteiger partial charge in [0.25, 0.3) is 0 Å². The molecule has 1 heterocycles. The fraction of sp³-hybridized carbons (Fsp3) is 0.286. The van der Waals surface area contributed by atoms with Crippen molar-refractivity contribution in [2.24, 2.45) is 11.7 Å². The van der Waals surface area contributed by atoms with Crippen molar-refractivity contribution in [1.29, 1.82) is 0 Å². The first-order chi connectivity index (χ1) is 9.08. The second kappa shape index (κ2) is 5.67. The molecule has 0 saturated heterocycles. The van der Waals surface area contributed by atoms with Crippen LogP contribution in [0.2, 0.25) is 0 Å². The first kappa shape index (κ1) is 13.3. The molecule has 1 aromatic heterocycles. The zero-order valence-electron chi connectivity index (χ0n) is 11.1. The monoisotopic (exact) mass is 258 g/mol. The zero-order chi connectivity index (χ0) is 13.8. The number of nitrogens with two attached hydrogens (primary N) is 1. The molecule has 0 aliphatic carbocycles. The Morgan fingerprint density at radius 3 is 2.79 bits per heavy atom. The Hall–Kier alpha value is -2.14. The van der Waals surface area contributed by atoms with Gasteiger partial charge in [0, 0.05) is 18.1 Å². The molecule has 0 aliphatic heterocycles. The van der Waals surface area contributed by atoms with E-state index in [9.17, 15) is 4.79 Å². The lowest BCUT2D eigenvalue weighted by Crippen LogP contribution is -2.39. The number of carbonyl (C=O) groups is 1. The van der Waals surface area contributed by atoms with Gasteiger partial charge in [0.05, 0.1) is 11.7 Å². The smallest absolute Gasteiger partial charge is 0.241 e. The fourth-order valence-corrected chi connectivity index (χ4v) is 1.68. The van der Waals surface area contributed by atoms with Crippen molar-refractivity contribution >= 4 is 11.6 Å². The van der Waals surface area contributed by atoms with E-state index in [4.69, 9.17) is 5.73 Å². The minimum absolute atomic E-state index is 0.106. The number of nitrogens with zero attached hydrogens (tertiary/aromatic N) is 2. The van der Waals surface area contributed by atoms with Crippen LogP contribution in [-0.2, 0) is 4.79 Å². The van der Waals surface area contributed by atoms with E-state index in [-0.39, 0.29) is 11.8 Å². The lowest BCUT2D eigenvalue weighted by atomic mass is 10.0. The largest absolute Gasteiger partial charge is 0.325 e. The van der Waals surface area contributed by atoms with Crippen LogP contribution in [0.3, 0.4) is 0 Å². The molecular weight excluding hydrogens is 240 g/mol. The minimum atomic E-state index is -0.506. The predicted molar refractivity (Wildman–Crippen MR) is 75.0 cm³/mol. The number of nitrogens with one attached hydrogen (secondary N) is 1. The number of amides is 1. The van der Waals surface area contributed by atoms with E-state index in [1.54, 1.807) is 10.9 Å². The van der Waals surface area contributed by atoms with Gasteiger partial charge in [-0.3, -0.25) is 4.79 Å². The molecule has 100 valence electrons. The van der Waals surface area contributed by atoms with E-state index in [0.717, 1.165) is 5.69 Å². The quantitative estimate of drug-likeness (QED) is 0.878. The summed E-state index contributed by atoms with van der Waals surface area (Å²) in [6, 6.07) is 8.82. The van der Waals surface area contributed by atoms with Crippen molar-refractivity contribution in [1.82, 2.24) is 9.78 Å². The number of carbonyl (C=O) groups excluding carboxylic acids is 1. The van der Waals surface area contributed by atoms with Gasteiger partial charge in [-0.05, 0) is 30.2 Å². The highest BCUT2D eigenvalue weighted by Gasteiger charge is 2.17. The van der Waals surface area contributed by atoms with Crippen molar-refractivity contribution in [3.8, 4) is 5.69 Å². The van der Waals surface area contributed by atoms with Crippen LogP contribution in [0.15, 0.2) is 42.7 Å². The van der Waals surface area contributed by atoms with Gasteiger partial charge in [-0.15, -0.1) is 0 Å². The topological polar surface area (TPSA) is 72.9 Å². The van der Waals surface area contributed by atoms with Gasteiger partial charge in [-0.1, -0.05) is 19.9 Å². The summed E-state index contributed by atoms with van der Waals surface area (Å²) in [4.78, 5) is 11.9. The Kier molecular flexibility index (Phi) is 3.97. The molecule has 0 saturated carbocycles. The molecule has 1 aromatic carbocycles. The normalized spacial score (nSPS) is 12.4. The van der Waals surface area contributed by atoms with Crippen LogP contribution >= 0.6 is 0 Å². The van der Waals surface area contributed by atoms with Crippen molar-refractivity contribution in [3.63, 3.8) is 0 Å². The summed E-state index contributed by atoms with van der Waals surface area (Å²) in [6.07, 6.45) is 3.56. The zero-order valence-corrected chi connectivity index (χ0v) is 11.1. The maximum Gasteiger partial charge on any atom is 0.241 e. The maximum absolute atomic E-state index is 11.9. The second-order valence-corrected chi connectivity index (χ2v) is 4.76. The number of benzene rings is 1. The fourth-order valence-electron chi connectivity index (χ4n) is 1.68. The average molecular weight is 258 g/mol. The Balaban J connectivity index is 2.14. The summed E-state index contributed by atoms with van der Waals surface area (Å²) in [5.74, 6) is -0.0677. The summed E-state index contributed by atoms with van der Waals surface area (Å²) in [7, 11) is 0. The molecule has 5 heteroatoms. The van der Waals surface area contributed by atoms with Crippen LogP contribution < -0.4 is 11.1 Å². The highest BCUT2D eigenvalue weighted by molar-refractivity contribution is 5.95. The maximum atomic E-state index is 11.9. The van der Waals surface area contributed by atoms with Gasteiger partial charge < -0.3 is 11.1 Å². The molecule has 2 aromatic rings. The molecule has 0 radical (unpaired) electrons. The third kappa shape index (κ3) is 3.20. The molecule has 0 aliphatic rings. The standard InChI is InChI=1S/C14H18N4O/c1-10(2)13(15)14(19)17-11-5-3-6-12(9-11)18-8-4-7-16-18/h3-10,13H,15H2,1-2H3,(H,17,19)/t13-/m1/s1. The molecule has 0 bridgehead atoms. The van der Waals surface area contributed by atoms with Crippen LogP contribution in [-0.4, -0.2) is 21.7 Å². The van der Waals surface area contributed by atoms with Crippen LogP contribution in [0.1, 0.15) is 13.8 Å². The van der Waals surface area contributed by atoms with Gasteiger partial charge >= 0.3 is 0 Å². The predicted octanol–water partition coefficient (Wildman–Crippen LogP) is 1.79. The Labute approximate surface area is 112 Å². The minimum Gasteiger partial charge on any atom is -0.325 e. The van der Waals surface area contributed by atoms with E-state index in [1.807, 2.05) is 50.4 Å².